The molecule has 0 aliphatic heterocycles. The second-order valence-electron chi connectivity index (χ2n) is 3.84. The molecule has 3 rings (SSSR count). The number of rotatable bonds is 1. The third kappa shape index (κ3) is 1.72. The summed E-state index contributed by atoms with van der Waals surface area (Å²) in [5, 5.41) is 11.6. The van der Waals surface area contributed by atoms with E-state index in [0.29, 0.717) is 5.75 Å². The van der Waals surface area contributed by atoms with Gasteiger partial charge in [-0.05, 0) is 23.1 Å². The lowest BCUT2D eigenvalue weighted by Crippen LogP contribution is -1.82. The van der Waals surface area contributed by atoms with Crippen molar-refractivity contribution in [3.05, 3.63) is 55.1 Å². The van der Waals surface area contributed by atoms with Crippen molar-refractivity contribution in [1.82, 2.24) is 9.97 Å². The van der Waals surface area contributed by atoms with Crippen molar-refractivity contribution in [2.75, 3.05) is 0 Å². The Balaban J connectivity index is 2.21. The topological polar surface area (TPSA) is 46.0 Å². The molecule has 17 heavy (non-hydrogen) atoms. The zero-order valence-electron chi connectivity index (χ0n) is 9.04. The number of aromatic hydroxyl groups is 1. The van der Waals surface area contributed by atoms with Crippen LogP contribution in [0, 0.1) is 0 Å². The number of nitrogens with zero attached hydrogens (tertiary/aromatic N) is 2. The van der Waals surface area contributed by atoms with Gasteiger partial charge in [-0.1, -0.05) is 24.3 Å². The molecule has 0 unspecified atom stereocenters. The van der Waals surface area contributed by atoms with Crippen molar-refractivity contribution >= 4 is 10.8 Å². The van der Waals surface area contributed by atoms with Crippen LogP contribution in [0.3, 0.4) is 0 Å². The molecule has 3 aromatic rings. The van der Waals surface area contributed by atoms with Crippen molar-refractivity contribution in [1.29, 1.82) is 0 Å². The van der Waals surface area contributed by atoms with E-state index in [2.05, 4.69) is 9.97 Å². The Hall–Kier alpha value is -2.42. The van der Waals surface area contributed by atoms with Gasteiger partial charge in [0.05, 0.1) is 0 Å². The average Bonchev–Trinajstić information content (AvgIpc) is 2.40. The Morgan fingerprint density at radius 1 is 0.882 bits per heavy atom. The monoisotopic (exact) mass is 222 g/mol. The van der Waals surface area contributed by atoms with Gasteiger partial charge in [-0.3, -0.25) is 0 Å². The molecule has 0 aliphatic carbocycles. The Morgan fingerprint density at radius 3 is 2.53 bits per heavy atom. The molecule has 0 radical (unpaired) electrons. The summed E-state index contributed by atoms with van der Waals surface area (Å²) in [6, 6.07) is 11.4. The van der Waals surface area contributed by atoms with Gasteiger partial charge in [-0.25, -0.2) is 9.97 Å². The molecule has 1 N–H and O–H groups in total. The summed E-state index contributed by atoms with van der Waals surface area (Å²) < 4.78 is 0. The van der Waals surface area contributed by atoms with Crippen LogP contribution >= 0.6 is 0 Å². The molecule has 1 aromatic heterocycles. The fourth-order valence-electron chi connectivity index (χ4n) is 1.89. The van der Waals surface area contributed by atoms with Crippen molar-refractivity contribution < 1.29 is 5.11 Å². The van der Waals surface area contributed by atoms with Crippen LogP contribution in [-0.2, 0) is 0 Å². The van der Waals surface area contributed by atoms with Gasteiger partial charge in [0.2, 0.25) is 0 Å². The molecular formula is C14H10N2O. The highest BCUT2D eigenvalue weighted by Gasteiger charge is 2.02. The van der Waals surface area contributed by atoms with Crippen LogP contribution in [-0.4, -0.2) is 15.1 Å². The van der Waals surface area contributed by atoms with Crippen molar-refractivity contribution in [2.45, 2.75) is 0 Å². The van der Waals surface area contributed by atoms with Crippen LogP contribution in [0.15, 0.2) is 55.1 Å². The number of phenols is 1. The van der Waals surface area contributed by atoms with E-state index in [4.69, 9.17) is 0 Å². The Labute approximate surface area is 98.4 Å². The lowest BCUT2D eigenvalue weighted by molar-refractivity contribution is 0.481. The van der Waals surface area contributed by atoms with Crippen molar-refractivity contribution in [3.8, 4) is 16.9 Å². The van der Waals surface area contributed by atoms with Crippen molar-refractivity contribution in [3.63, 3.8) is 0 Å². The number of fused-ring (bicyclic) bond motifs is 1. The third-order valence-electron chi connectivity index (χ3n) is 2.75. The normalized spacial score (nSPS) is 10.6. The van der Waals surface area contributed by atoms with Crippen LogP contribution in [0.5, 0.6) is 5.75 Å². The number of aromatic nitrogens is 2. The van der Waals surface area contributed by atoms with E-state index in [1.807, 2.05) is 30.3 Å². The average molecular weight is 222 g/mol. The lowest BCUT2D eigenvalue weighted by atomic mass is 10.0. The minimum Gasteiger partial charge on any atom is -0.507 e. The minimum atomic E-state index is 0.304. The van der Waals surface area contributed by atoms with Crippen LogP contribution in [0.2, 0.25) is 0 Å². The van der Waals surface area contributed by atoms with E-state index < -0.39 is 0 Å². The van der Waals surface area contributed by atoms with Gasteiger partial charge in [0.25, 0.3) is 0 Å². The van der Waals surface area contributed by atoms with Crippen LogP contribution in [0.1, 0.15) is 0 Å². The smallest absolute Gasteiger partial charge is 0.123 e. The summed E-state index contributed by atoms with van der Waals surface area (Å²) in [6.07, 6.45) is 5.06. The number of benzene rings is 2. The maximum absolute atomic E-state index is 9.71. The maximum Gasteiger partial charge on any atom is 0.123 e. The molecule has 0 spiro atoms. The SMILES string of the molecule is Oc1cccc2cc(-c3cncnc3)ccc12. The number of hydrogen-bond acceptors (Lipinski definition) is 3. The lowest BCUT2D eigenvalue weighted by Gasteiger charge is -2.04. The van der Waals surface area contributed by atoms with Gasteiger partial charge < -0.3 is 5.11 Å². The Bertz CT molecular complexity index is 665. The summed E-state index contributed by atoms with van der Waals surface area (Å²) in [4.78, 5) is 8.00. The van der Waals surface area contributed by atoms with Crippen LogP contribution < -0.4 is 0 Å². The predicted molar refractivity (Wildman–Crippen MR) is 66.6 cm³/mol. The molecule has 1 heterocycles. The molecule has 0 atom stereocenters. The van der Waals surface area contributed by atoms with Gasteiger partial charge in [0.15, 0.2) is 0 Å². The van der Waals surface area contributed by atoms with E-state index >= 15 is 0 Å². The van der Waals surface area contributed by atoms with Gasteiger partial charge in [-0.15, -0.1) is 0 Å². The molecule has 0 bridgehead atoms. The molecular weight excluding hydrogens is 212 g/mol. The summed E-state index contributed by atoms with van der Waals surface area (Å²) in [5.41, 5.74) is 2.02. The van der Waals surface area contributed by atoms with E-state index in [-0.39, 0.29) is 0 Å². The fourth-order valence-corrected chi connectivity index (χ4v) is 1.89. The highest BCUT2D eigenvalue weighted by molar-refractivity contribution is 5.91. The van der Waals surface area contributed by atoms with E-state index in [1.165, 1.54) is 6.33 Å². The first-order chi connectivity index (χ1) is 8.34. The molecule has 0 saturated heterocycles. The van der Waals surface area contributed by atoms with Crippen LogP contribution in [0.4, 0.5) is 0 Å². The molecule has 0 fully saturated rings. The number of hydrogen-bond donors (Lipinski definition) is 1. The van der Waals surface area contributed by atoms with E-state index in [0.717, 1.165) is 21.9 Å². The summed E-state index contributed by atoms with van der Waals surface area (Å²) >= 11 is 0. The molecule has 2 aromatic carbocycles. The highest BCUT2D eigenvalue weighted by Crippen LogP contribution is 2.28. The molecule has 0 amide bonds. The maximum atomic E-state index is 9.71. The quantitative estimate of drug-likeness (QED) is 0.688. The Kier molecular flexibility index (Phi) is 2.22. The first-order valence-corrected chi connectivity index (χ1v) is 5.32. The summed E-state index contributed by atoms with van der Waals surface area (Å²) in [7, 11) is 0. The van der Waals surface area contributed by atoms with E-state index in [9.17, 15) is 5.11 Å². The molecule has 0 aliphatic rings. The zero-order chi connectivity index (χ0) is 11.7. The van der Waals surface area contributed by atoms with Crippen molar-refractivity contribution in [2.24, 2.45) is 0 Å². The third-order valence-corrected chi connectivity index (χ3v) is 2.75. The van der Waals surface area contributed by atoms with Gasteiger partial charge in [0.1, 0.15) is 12.1 Å². The molecule has 82 valence electrons. The molecule has 0 saturated carbocycles. The largest absolute Gasteiger partial charge is 0.507 e. The van der Waals surface area contributed by atoms with Gasteiger partial charge >= 0.3 is 0 Å². The molecule has 3 heteroatoms. The van der Waals surface area contributed by atoms with E-state index in [1.54, 1.807) is 18.5 Å². The Morgan fingerprint density at radius 2 is 1.71 bits per heavy atom. The first kappa shape index (κ1) is 9.78. The second-order valence-corrected chi connectivity index (χ2v) is 3.84. The van der Waals surface area contributed by atoms with Crippen LogP contribution in [0.25, 0.3) is 21.9 Å². The molecule has 3 nitrogen and oxygen atoms in total. The first-order valence-electron chi connectivity index (χ1n) is 5.32. The standard InChI is InChI=1S/C14H10N2O/c17-14-3-1-2-11-6-10(4-5-13(11)14)12-7-15-9-16-8-12/h1-9,17H. The number of phenolic OH excluding ortho intramolecular Hbond substituents is 1. The fraction of sp³-hybridized carbons (Fsp3) is 0. The predicted octanol–water partition coefficient (Wildman–Crippen LogP) is 3.00. The highest BCUT2D eigenvalue weighted by atomic mass is 16.3. The zero-order valence-corrected chi connectivity index (χ0v) is 9.04. The van der Waals surface area contributed by atoms with Gasteiger partial charge in [0, 0.05) is 23.3 Å². The summed E-state index contributed by atoms with van der Waals surface area (Å²) in [6.45, 7) is 0. The summed E-state index contributed by atoms with van der Waals surface area (Å²) in [5.74, 6) is 0.304. The van der Waals surface area contributed by atoms with Gasteiger partial charge in [-0.2, -0.15) is 0 Å². The minimum absolute atomic E-state index is 0.304. The second kappa shape index (κ2) is 3.87.